The van der Waals surface area contributed by atoms with E-state index in [1.165, 1.54) is 30.3 Å². The molecule has 5 nitrogen and oxygen atoms in total. The Balaban J connectivity index is 2.45. The standard InChI is InChI=1S/C13H7BrClNO4/c14-9-1-3-13(11(6-9)16(18)19)20-12-4-2-10(15)5-8(12)7-17/h1-7H. The van der Waals surface area contributed by atoms with E-state index in [0.29, 0.717) is 15.8 Å². The molecule has 0 aliphatic heterocycles. The fraction of sp³-hybridized carbons (Fsp3) is 0. The molecule has 0 N–H and O–H groups in total. The van der Waals surface area contributed by atoms with Gasteiger partial charge in [-0.15, -0.1) is 0 Å². The lowest BCUT2D eigenvalue weighted by Crippen LogP contribution is -1.95. The predicted octanol–water partition coefficient (Wildman–Crippen LogP) is 4.62. The SMILES string of the molecule is O=Cc1cc(Cl)ccc1Oc1ccc(Br)cc1[N+](=O)[O-]. The van der Waals surface area contributed by atoms with Gasteiger partial charge in [-0.2, -0.15) is 0 Å². The molecule has 0 aromatic heterocycles. The molecule has 0 saturated carbocycles. The lowest BCUT2D eigenvalue weighted by molar-refractivity contribution is -0.385. The second kappa shape index (κ2) is 6.02. The van der Waals surface area contributed by atoms with Crippen molar-refractivity contribution in [3.8, 4) is 11.5 Å². The third-order valence-corrected chi connectivity index (χ3v) is 3.16. The van der Waals surface area contributed by atoms with Crippen molar-refractivity contribution in [3.63, 3.8) is 0 Å². The first-order chi connectivity index (χ1) is 9.51. The van der Waals surface area contributed by atoms with Crippen LogP contribution in [0.2, 0.25) is 5.02 Å². The summed E-state index contributed by atoms with van der Waals surface area (Å²) in [5, 5.41) is 11.4. The normalized spacial score (nSPS) is 10.1. The van der Waals surface area contributed by atoms with Crippen LogP contribution < -0.4 is 4.74 Å². The lowest BCUT2D eigenvalue weighted by atomic mass is 10.2. The molecule has 2 aromatic rings. The Morgan fingerprint density at radius 1 is 1.20 bits per heavy atom. The maximum absolute atomic E-state index is 11.0. The van der Waals surface area contributed by atoms with Crippen molar-refractivity contribution in [2.45, 2.75) is 0 Å². The van der Waals surface area contributed by atoms with Crippen molar-refractivity contribution in [1.29, 1.82) is 0 Å². The van der Waals surface area contributed by atoms with E-state index in [9.17, 15) is 14.9 Å². The summed E-state index contributed by atoms with van der Waals surface area (Å²) in [5.41, 5.74) is 0.0147. The monoisotopic (exact) mass is 355 g/mol. The first-order valence-corrected chi connectivity index (χ1v) is 6.55. The number of ether oxygens (including phenoxy) is 1. The van der Waals surface area contributed by atoms with Gasteiger partial charge >= 0.3 is 5.69 Å². The number of carbonyl (C=O) groups excluding carboxylic acids is 1. The van der Waals surface area contributed by atoms with Gasteiger partial charge in [-0.3, -0.25) is 14.9 Å². The van der Waals surface area contributed by atoms with Crippen LogP contribution in [-0.4, -0.2) is 11.2 Å². The van der Waals surface area contributed by atoms with E-state index in [0.717, 1.165) is 0 Å². The minimum absolute atomic E-state index is 0.0450. The van der Waals surface area contributed by atoms with Gasteiger partial charge in [0.25, 0.3) is 0 Å². The fourth-order valence-electron chi connectivity index (χ4n) is 1.54. The highest BCUT2D eigenvalue weighted by Crippen LogP contribution is 2.35. The number of hydrogen-bond donors (Lipinski definition) is 0. The molecule has 0 unspecified atom stereocenters. The van der Waals surface area contributed by atoms with Crippen LogP contribution in [0.1, 0.15) is 10.4 Å². The van der Waals surface area contributed by atoms with Gasteiger partial charge in [0.05, 0.1) is 10.5 Å². The Bertz CT molecular complexity index is 690. The molecular formula is C13H7BrClNO4. The number of hydrogen-bond acceptors (Lipinski definition) is 4. The van der Waals surface area contributed by atoms with E-state index in [2.05, 4.69) is 15.9 Å². The summed E-state index contributed by atoms with van der Waals surface area (Å²) in [6.07, 6.45) is 0.575. The number of halogens is 2. The Kier molecular flexibility index (Phi) is 4.36. The first kappa shape index (κ1) is 14.5. The minimum Gasteiger partial charge on any atom is -0.449 e. The molecule has 0 heterocycles. The molecule has 20 heavy (non-hydrogen) atoms. The zero-order valence-electron chi connectivity index (χ0n) is 9.88. The number of nitro benzene ring substituents is 1. The van der Waals surface area contributed by atoms with Crippen molar-refractivity contribution in [1.82, 2.24) is 0 Å². The van der Waals surface area contributed by atoms with Crippen LogP contribution in [0.4, 0.5) is 5.69 Å². The van der Waals surface area contributed by atoms with Gasteiger partial charge in [-0.25, -0.2) is 0 Å². The number of nitro groups is 1. The molecule has 2 aromatic carbocycles. The molecule has 0 amide bonds. The maximum atomic E-state index is 11.0. The summed E-state index contributed by atoms with van der Waals surface area (Å²) in [7, 11) is 0. The molecule has 0 saturated heterocycles. The number of aldehydes is 1. The first-order valence-electron chi connectivity index (χ1n) is 5.38. The summed E-state index contributed by atoms with van der Waals surface area (Å²) < 4.78 is 6.01. The van der Waals surface area contributed by atoms with Crippen molar-refractivity contribution in [3.05, 3.63) is 61.6 Å². The number of carbonyl (C=O) groups is 1. The summed E-state index contributed by atoms with van der Waals surface area (Å²) in [6.45, 7) is 0. The van der Waals surface area contributed by atoms with E-state index in [-0.39, 0.29) is 22.7 Å². The van der Waals surface area contributed by atoms with Crippen molar-refractivity contribution in [2.24, 2.45) is 0 Å². The molecule has 102 valence electrons. The van der Waals surface area contributed by atoms with E-state index >= 15 is 0 Å². The zero-order chi connectivity index (χ0) is 14.7. The molecule has 0 radical (unpaired) electrons. The predicted molar refractivity (Wildman–Crippen MR) is 77.7 cm³/mol. The second-order valence-electron chi connectivity index (χ2n) is 3.77. The van der Waals surface area contributed by atoms with Gasteiger partial charge in [0, 0.05) is 15.6 Å². The van der Waals surface area contributed by atoms with Gasteiger partial charge in [-0.1, -0.05) is 27.5 Å². The van der Waals surface area contributed by atoms with Gasteiger partial charge in [0.2, 0.25) is 5.75 Å². The topological polar surface area (TPSA) is 69.4 Å². The molecule has 0 spiro atoms. The zero-order valence-corrected chi connectivity index (χ0v) is 12.2. The van der Waals surface area contributed by atoms with Crippen LogP contribution >= 0.6 is 27.5 Å². The fourth-order valence-corrected chi connectivity index (χ4v) is 2.07. The van der Waals surface area contributed by atoms with Crippen LogP contribution in [0.25, 0.3) is 0 Å². The molecule has 0 aliphatic rings. The molecule has 0 aliphatic carbocycles. The third kappa shape index (κ3) is 3.15. The number of nitrogens with zero attached hydrogens (tertiary/aromatic N) is 1. The Labute approximate surface area is 127 Å². The van der Waals surface area contributed by atoms with Gasteiger partial charge in [-0.05, 0) is 30.3 Å². The smallest absolute Gasteiger partial charge is 0.312 e. The maximum Gasteiger partial charge on any atom is 0.312 e. The molecule has 0 atom stereocenters. The van der Waals surface area contributed by atoms with Crippen LogP contribution in [0.5, 0.6) is 11.5 Å². The van der Waals surface area contributed by atoms with Crippen LogP contribution in [-0.2, 0) is 0 Å². The van der Waals surface area contributed by atoms with Gasteiger partial charge in [0.15, 0.2) is 6.29 Å². The average molecular weight is 357 g/mol. The summed E-state index contributed by atoms with van der Waals surface area (Å²) >= 11 is 8.93. The summed E-state index contributed by atoms with van der Waals surface area (Å²) in [6, 6.07) is 8.83. The number of rotatable bonds is 4. The largest absolute Gasteiger partial charge is 0.449 e. The molecule has 7 heteroatoms. The number of benzene rings is 2. The van der Waals surface area contributed by atoms with Crippen LogP contribution in [0.3, 0.4) is 0 Å². The molecule has 2 rings (SSSR count). The second-order valence-corrected chi connectivity index (χ2v) is 5.12. The quantitative estimate of drug-likeness (QED) is 0.455. The molecule has 0 fully saturated rings. The highest BCUT2D eigenvalue weighted by atomic mass is 79.9. The van der Waals surface area contributed by atoms with Crippen molar-refractivity contribution < 1.29 is 14.5 Å². The van der Waals surface area contributed by atoms with Gasteiger partial charge in [0.1, 0.15) is 5.75 Å². The summed E-state index contributed by atoms with van der Waals surface area (Å²) in [5.74, 6) is 0.249. The molecular weight excluding hydrogens is 350 g/mol. The lowest BCUT2D eigenvalue weighted by Gasteiger charge is -2.08. The van der Waals surface area contributed by atoms with Crippen LogP contribution in [0.15, 0.2) is 40.9 Å². The van der Waals surface area contributed by atoms with E-state index < -0.39 is 4.92 Å². The summed E-state index contributed by atoms with van der Waals surface area (Å²) in [4.78, 5) is 21.4. The van der Waals surface area contributed by atoms with E-state index in [1.807, 2.05) is 0 Å². The highest BCUT2D eigenvalue weighted by molar-refractivity contribution is 9.10. The average Bonchev–Trinajstić information content (AvgIpc) is 2.42. The Morgan fingerprint density at radius 2 is 1.90 bits per heavy atom. The van der Waals surface area contributed by atoms with Gasteiger partial charge < -0.3 is 4.74 Å². The Morgan fingerprint density at radius 3 is 2.55 bits per heavy atom. The van der Waals surface area contributed by atoms with Crippen molar-refractivity contribution >= 4 is 39.5 Å². The highest BCUT2D eigenvalue weighted by Gasteiger charge is 2.17. The molecule has 0 bridgehead atoms. The third-order valence-electron chi connectivity index (χ3n) is 2.44. The van der Waals surface area contributed by atoms with E-state index in [4.69, 9.17) is 16.3 Å². The van der Waals surface area contributed by atoms with Crippen molar-refractivity contribution in [2.75, 3.05) is 0 Å². The minimum atomic E-state index is -0.559. The van der Waals surface area contributed by atoms with Crippen LogP contribution in [0, 0.1) is 10.1 Å². The van der Waals surface area contributed by atoms with E-state index in [1.54, 1.807) is 6.07 Å². The Hall–Kier alpha value is -1.92.